The fourth-order valence-electron chi connectivity index (χ4n) is 3.98. The molecule has 0 radical (unpaired) electrons. The number of hydrogen-bond acceptors (Lipinski definition) is 5. The first kappa shape index (κ1) is 23.7. The Morgan fingerprint density at radius 2 is 1.94 bits per heavy atom. The van der Waals surface area contributed by atoms with Crippen LogP contribution < -0.4 is 9.47 Å². The third-order valence-electron chi connectivity index (χ3n) is 5.58. The van der Waals surface area contributed by atoms with Gasteiger partial charge >= 0.3 is 0 Å². The molecule has 3 aromatic rings. The predicted octanol–water partition coefficient (Wildman–Crippen LogP) is 4.58. The molecule has 33 heavy (non-hydrogen) atoms. The molecule has 0 atom stereocenters. The second kappa shape index (κ2) is 9.82. The van der Waals surface area contributed by atoms with Crippen molar-refractivity contribution in [3.8, 4) is 23.3 Å². The van der Waals surface area contributed by atoms with Gasteiger partial charge in [-0.25, -0.2) is 12.7 Å². The van der Waals surface area contributed by atoms with Crippen LogP contribution in [0.3, 0.4) is 0 Å². The Morgan fingerprint density at radius 1 is 1.18 bits per heavy atom. The largest absolute Gasteiger partial charge is 0.490 e. The Hall–Kier alpha value is -2.44. The number of nitrogens with zero attached hydrogens (tertiary/aromatic N) is 3. The van der Waals surface area contributed by atoms with Gasteiger partial charge in [0.05, 0.1) is 28.2 Å². The van der Waals surface area contributed by atoms with Crippen LogP contribution in [0.4, 0.5) is 0 Å². The van der Waals surface area contributed by atoms with E-state index in [1.807, 2.05) is 35.0 Å². The fourth-order valence-corrected chi connectivity index (χ4v) is 5.20. The molecule has 0 unspecified atom stereocenters. The molecule has 0 bridgehead atoms. The van der Waals surface area contributed by atoms with Crippen LogP contribution in [0.1, 0.15) is 18.4 Å². The highest BCUT2D eigenvalue weighted by Gasteiger charge is 2.26. The second-order valence-electron chi connectivity index (χ2n) is 7.84. The summed E-state index contributed by atoms with van der Waals surface area (Å²) in [6, 6.07) is 13.4. The van der Waals surface area contributed by atoms with Crippen LogP contribution in [0.2, 0.25) is 5.02 Å². The molecule has 0 aliphatic carbocycles. The number of halogens is 2. The van der Waals surface area contributed by atoms with E-state index in [2.05, 4.69) is 6.07 Å². The standard InChI is InChI=1S/C23H23Cl2N3O4S/c1-33(29,30)27-8-5-19(6-9-27)32-20-2-3-22-16(13-20)4-10-28(22)18-12-17(15-26)23(21(25)14-18)31-11-7-24/h2-4,10,12-14,19H,5-9,11H2,1H3. The summed E-state index contributed by atoms with van der Waals surface area (Å²) in [5, 5.41) is 10.9. The molecule has 4 rings (SSSR count). The SMILES string of the molecule is CS(=O)(=O)N1CCC(Oc2ccc3c(ccn3-c3cc(Cl)c(OCCCl)c(C#N)c3)c2)CC1. The van der Waals surface area contributed by atoms with E-state index in [1.165, 1.54) is 10.6 Å². The Morgan fingerprint density at radius 3 is 2.61 bits per heavy atom. The van der Waals surface area contributed by atoms with Crippen LogP contribution in [0.15, 0.2) is 42.6 Å². The van der Waals surface area contributed by atoms with E-state index in [1.54, 1.807) is 12.1 Å². The molecule has 2 heterocycles. The van der Waals surface area contributed by atoms with Crippen LogP contribution in [0.25, 0.3) is 16.6 Å². The number of benzene rings is 2. The maximum atomic E-state index is 11.7. The molecule has 2 aromatic carbocycles. The minimum absolute atomic E-state index is 0.0277. The summed E-state index contributed by atoms with van der Waals surface area (Å²) < 4.78 is 38.5. The minimum Gasteiger partial charge on any atom is -0.490 e. The van der Waals surface area contributed by atoms with Gasteiger partial charge in [-0.15, -0.1) is 11.6 Å². The zero-order chi connectivity index (χ0) is 23.6. The van der Waals surface area contributed by atoms with Gasteiger partial charge in [0, 0.05) is 30.4 Å². The maximum Gasteiger partial charge on any atom is 0.211 e. The van der Waals surface area contributed by atoms with Crippen molar-refractivity contribution in [3.63, 3.8) is 0 Å². The van der Waals surface area contributed by atoms with Crippen molar-refractivity contribution in [1.29, 1.82) is 5.26 Å². The van der Waals surface area contributed by atoms with Gasteiger partial charge in [-0.3, -0.25) is 0 Å². The van der Waals surface area contributed by atoms with Crippen molar-refractivity contribution >= 4 is 44.1 Å². The number of rotatable bonds is 7. The number of fused-ring (bicyclic) bond motifs is 1. The summed E-state index contributed by atoms with van der Waals surface area (Å²) in [7, 11) is -3.16. The van der Waals surface area contributed by atoms with Gasteiger partial charge in [-0.05, 0) is 49.2 Å². The summed E-state index contributed by atoms with van der Waals surface area (Å²) in [5.74, 6) is 1.36. The molecule has 1 aliphatic heterocycles. The van der Waals surface area contributed by atoms with Crippen LogP contribution >= 0.6 is 23.2 Å². The Kier molecular flexibility index (Phi) is 7.05. The van der Waals surface area contributed by atoms with Crippen molar-refractivity contribution in [3.05, 3.63) is 53.2 Å². The molecule has 1 aliphatic rings. The Balaban J connectivity index is 1.54. The van der Waals surface area contributed by atoms with Crippen molar-refractivity contribution < 1.29 is 17.9 Å². The summed E-state index contributed by atoms with van der Waals surface area (Å²) in [6.07, 6.45) is 4.42. The van der Waals surface area contributed by atoms with Crippen molar-refractivity contribution in [1.82, 2.24) is 8.87 Å². The third kappa shape index (κ3) is 5.22. The number of aromatic nitrogens is 1. The number of nitriles is 1. The number of ether oxygens (including phenoxy) is 2. The lowest BCUT2D eigenvalue weighted by molar-refractivity contribution is 0.135. The number of piperidine rings is 1. The lowest BCUT2D eigenvalue weighted by Crippen LogP contribution is -2.41. The molecule has 1 fully saturated rings. The smallest absolute Gasteiger partial charge is 0.211 e. The molecule has 10 heteroatoms. The van der Waals surface area contributed by atoms with Gasteiger partial charge < -0.3 is 14.0 Å². The van der Waals surface area contributed by atoms with Gasteiger partial charge in [-0.1, -0.05) is 11.6 Å². The van der Waals surface area contributed by atoms with Crippen molar-refractivity contribution in [2.45, 2.75) is 18.9 Å². The number of alkyl halides is 1. The Bertz CT molecular complexity index is 1310. The van der Waals surface area contributed by atoms with E-state index in [0.29, 0.717) is 48.1 Å². The first-order chi connectivity index (χ1) is 15.8. The van der Waals surface area contributed by atoms with E-state index in [-0.39, 0.29) is 12.7 Å². The van der Waals surface area contributed by atoms with E-state index >= 15 is 0 Å². The van der Waals surface area contributed by atoms with Gasteiger partial charge in [0.1, 0.15) is 24.5 Å². The molecule has 0 spiro atoms. The molecular formula is C23H23Cl2N3O4S. The lowest BCUT2D eigenvalue weighted by atomic mass is 10.1. The third-order valence-corrected chi connectivity index (χ3v) is 7.32. The molecule has 0 amide bonds. The van der Waals surface area contributed by atoms with Crippen LogP contribution in [-0.2, 0) is 10.0 Å². The summed E-state index contributed by atoms with van der Waals surface area (Å²) >= 11 is 12.1. The molecule has 0 N–H and O–H groups in total. The molecule has 7 nitrogen and oxygen atoms in total. The summed E-state index contributed by atoms with van der Waals surface area (Å²) in [6.45, 7) is 1.20. The summed E-state index contributed by atoms with van der Waals surface area (Å²) in [5.41, 5.74) is 2.01. The average molecular weight is 508 g/mol. The first-order valence-electron chi connectivity index (χ1n) is 10.5. The van der Waals surface area contributed by atoms with Crippen molar-refractivity contribution in [2.75, 3.05) is 31.8 Å². The first-order valence-corrected chi connectivity index (χ1v) is 13.2. The second-order valence-corrected chi connectivity index (χ2v) is 10.6. The van der Waals surface area contributed by atoms with Gasteiger partial charge in [0.25, 0.3) is 0 Å². The van der Waals surface area contributed by atoms with E-state index in [0.717, 1.165) is 22.3 Å². The van der Waals surface area contributed by atoms with E-state index in [4.69, 9.17) is 32.7 Å². The maximum absolute atomic E-state index is 11.7. The normalized spacial score (nSPS) is 15.5. The predicted molar refractivity (Wildman–Crippen MR) is 129 cm³/mol. The highest BCUT2D eigenvalue weighted by atomic mass is 35.5. The van der Waals surface area contributed by atoms with Gasteiger partial charge in [0.15, 0.2) is 5.75 Å². The summed E-state index contributed by atoms with van der Waals surface area (Å²) in [4.78, 5) is 0. The van der Waals surface area contributed by atoms with Crippen LogP contribution in [0, 0.1) is 11.3 Å². The molecule has 0 saturated carbocycles. The average Bonchev–Trinajstić information content (AvgIpc) is 3.21. The van der Waals surface area contributed by atoms with E-state index < -0.39 is 10.0 Å². The fraction of sp³-hybridized carbons (Fsp3) is 0.348. The van der Waals surface area contributed by atoms with Gasteiger partial charge in [0.2, 0.25) is 10.0 Å². The quantitative estimate of drug-likeness (QED) is 0.437. The lowest BCUT2D eigenvalue weighted by Gasteiger charge is -2.30. The van der Waals surface area contributed by atoms with Gasteiger partial charge in [-0.2, -0.15) is 5.26 Å². The van der Waals surface area contributed by atoms with Crippen molar-refractivity contribution in [2.24, 2.45) is 0 Å². The number of hydrogen-bond donors (Lipinski definition) is 0. The minimum atomic E-state index is -3.16. The number of sulfonamides is 1. The molecular weight excluding hydrogens is 485 g/mol. The monoisotopic (exact) mass is 507 g/mol. The zero-order valence-corrected chi connectivity index (χ0v) is 20.3. The van der Waals surface area contributed by atoms with Crippen LogP contribution in [-0.4, -0.2) is 55.2 Å². The molecule has 1 saturated heterocycles. The Labute approximate surface area is 203 Å². The highest BCUT2D eigenvalue weighted by Crippen LogP contribution is 2.34. The zero-order valence-electron chi connectivity index (χ0n) is 18.0. The topological polar surface area (TPSA) is 84.6 Å². The highest BCUT2D eigenvalue weighted by molar-refractivity contribution is 7.88. The van der Waals surface area contributed by atoms with E-state index in [9.17, 15) is 13.7 Å². The van der Waals surface area contributed by atoms with Crippen LogP contribution in [0.5, 0.6) is 11.5 Å². The molecule has 1 aromatic heterocycles. The molecule has 174 valence electrons.